The average molecular weight is 422 g/mol. The van der Waals surface area contributed by atoms with Crippen LogP contribution in [0.2, 0.25) is 0 Å². The van der Waals surface area contributed by atoms with Crippen LogP contribution in [0.5, 0.6) is 0 Å². The van der Waals surface area contributed by atoms with E-state index in [2.05, 4.69) is 11.5 Å². The fourth-order valence-corrected chi connectivity index (χ4v) is 6.95. The number of carboxylic acids is 1. The maximum absolute atomic E-state index is 12.6. The first-order valence-corrected chi connectivity index (χ1v) is 11.0. The summed E-state index contributed by atoms with van der Waals surface area (Å²) >= 11 is 3.25. The minimum absolute atomic E-state index is 0.0597. The maximum Gasteiger partial charge on any atom is 0.250 e. The van der Waals surface area contributed by atoms with E-state index in [9.17, 15) is 19.8 Å². The summed E-state index contributed by atoms with van der Waals surface area (Å²) in [6.07, 6.45) is 3.06. The number of β-lactam (4-membered cyclic amide) rings is 1. The van der Waals surface area contributed by atoms with Crippen LogP contribution in [0.25, 0.3) is 10.4 Å². The van der Waals surface area contributed by atoms with Crippen LogP contribution in [0, 0.1) is 11.3 Å². The van der Waals surface area contributed by atoms with Crippen LogP contribution in [0.15, 0.2) is 23.2 Å². The summed E-state index contributed by atoms with van der Waals surface area (Å²) in [5.74, 6) is -1.37. The van der Waals surface area contributed by atoms with E-state index in [1.54, 1.807) is 18.7 Å². The number of carbonyl (C=O) groups is 2. The van der Waals surface area contributed by atoms with Crippen molar-refractivity contribution in [1.82, 2.24) is 9.30 Å². The first kappa shape index (κ1) is 19.5. The number of amides is 1. The predicted molar refractivity (Wildman–Crippen MR) is 104 cm³/mol. The lowest BCUT2D eigenvalue weighted by molar-refractivity contribution is -0.705. The number of fused-ring (bicyclic) bond motifs is 2. The monoisotopic (exact) mass is 421 g/mol. The molecule has 2 aromatic heterocycles. The molecule has 2 aliphatic rings. The van der Waals surface area contributed by atoms with Gasteiger partial charge in [0.1, 0.15) is 6.20 Å². The molecule has 2 aromatic rings. The van der Waals surface area contributed by atoms with Gasteiger partial charge in [0, 0.05) is 11.0 Å². The molecule has 4 heterocycles. The lowest BCUT2D eigenvalue weighted by atomic mass is 9.68. The van der Waals surface area contributed by atoms with E-state index in [0.717, 1.165) is 20.5 Å². The van der Waals surface area contributed by atoms with Gasteiger partial charge in [-0.15, -0.1) is 0 Å². The van der Waals surface area contributed by atoms with E-state index in [-0.39, 0.29) is 17.6 Å². The average Bonchev–Trinajstić information content (AvgIpc) is 3.15. The Morgan fingerprint density at radius 3 is 2.75 bits per heavy atom. The molecule has 0 bridgehead atoms. The number of carboxylic acid groups (broad SMARTS) is 1. The summed E-state index contributed by atoms with van der Waals surface area (Å²) in [5.41, 5.74) is -0.0677. The van der Waals surface area contributed by atoms with Gasteiger partial charge in [-0.25, -0.2) is 4.57 Å². The smallest absolute Gasteiger partial charge is 0.250 e. The van der Waals surface area contributed by atoms with Gasteiger partial charge in [0.25, 0.3) is 0 Å². The Labute approximate surface area is 171 Å². The van der Waals surface area contributed by atoms with Gasteiger partial charge in [-0.1, -0.05) is 43.9 Å². The van der Waals surface area contributed by atoms with Gasteiger partial charge >= 0.3 is 0 Å². The highest BCUT2D eigenvalue weighted by Crippen LogP contribution is 2.58. The topological polar surface area (TPSA) is 89.0 Å². The Balaban J connectivity index is 1.89. The molecule has 1 saturated heterocycles. The third kappa shape index (κ3) is 2.42. The van der Waals surface area contributed by atoms with Crippen LogP contribution in [0.4, 0.5) is 0 Å². The molecule has 7 nitrogen and oxygen atoms in total. The zero-order valence-electron chi connectivity index (χ0n) is 16.4. The number of thiazole rings is 1. The quantitative estimate of drug-likeness (QED) is 0.435. The van der Waals surface area contributed by atoms with Crippen molar-refractivity contribution in [3.63, 3.8) is 0 Å². The Kier molecular flexibility index (Phi) is 4.40. The predicted octanol–water partition coefficient (Wildman–Crippen LogP) is 0.646. The van der Waals surface area contributed by atoms with Gasteiger partial charge in [0.15, 0.2) is 0 Å². The Morgan fingerprint density at radius 2 is 2.18 bits per heavy atom. The van der Waals surface area contributed by atoms with Crippen LogP contribution in [-0.4, -0.2) is 44.2 Å². The van der Waals surface area contributed by atoms with E-state index in [1.807, 2.05) is 37.8 Å². The molecule has 0 aromatic carbocycles. The minimum atomic E-state index is -1.35. The highest BCUT2D eigenvalue weighted by molar-refractivity contribution is 7.99. The summed E-state index contributed by atoms with van der Waals surface area (Å²) in [5, 5.41) is 23.2. The first-order valence-electron chi connectivity index (χ1n) is 9.21. The number of thioether (sulfide) groups is 1. The van der Waals surface area contributed by atoms with Crippen LogP contribution >= 0.6 is 23.1 Å². The second-order valence-electron chi connectivity index (χ2n) is 7.92. The molecule has 0 saturated carbocycles. The second kappa shape index (κ2) is 6.33. The molecule has 28 heavy (non-hydrogen) atoms. The minimum Gasteiger partial charge on any atom is -0.543 e. The Hall–Kier alpha value is -1.84. The fraction of sp³-hybridized carbons (Fsp3) is 0.526. The SMILES string of the molecule is CCSc1c2sc(C3=C(C(=O)[O-])N4C(=O)[C@H]([C@@H](C)O)[C@@H]4C3(C)C)cn2c[n+]1C. The van der Waals surface area contributed by atoms with Crippen molar-refractivity contribution in [2.45, 2.75) is 44.9 Å². The zero-order chi connectivity index (χ0) is 20.5. The van der Waals surface area contributed by atoms with Gasteiger partial charge in [-0.05, 0) is 12.7 Å². The van der Waals surface area contributed by atoms with Crippen LogP contribution in [-0.2, 0) is 16.6 Å². The highest BCUT2D eigenvalue weighted by atomic mass is 32.2. The van der Waals surface area contributed by atoms with Crippen LogP contribution in [0.1, 0.15) is 32.6 Å². The fourth-order valence-electron chi connectivity index (χ4n) is 4.62. The lowest BCUT2D eigenvalue weighted by Gasteiger charge is -2.50. The molecule has 1 fully saturated rings. The Morgan fingerprint density at radius 1 is 1.50 bits per heavy atom. The lowest BCUT2D eigenvalue weighted by Crippen LogP contribution is -2.66. The highest BCUT2D eigenvalue weighted by Gasteiger charge is 2.63. The number of rotatable bonds is 5. The number of imidazole rings is 1. The summed E-state index contributed by atoms with van der Waals surface area (Å²) in [6, 6.07) is -0.384. The van der Waals surface area contributed by atoms with E-state index >= 15 is 0 Å². The number of carbonyl (C=O) groups excluding carboxylic acids is 2. The summed E-state index contributed by atoms with van der Waals surface area (Å²) in [6.45, 7) is 7.55. The van der Waals surface area contributed by atoms with Crippen molar-refractivity contribution in [3.05, 3.63) is 23.1 Å². The first-order chi connectivity index (χ1) is 13.1. The van der Waals surface area contributed by atoms with Crippen molar-refractivity contribution in [3.8, 4) is 0 Å². The number of aromatic nitrogens is 2. The van der Waals surface area contributed by atoms with Gasteiger partial charge in [0.05, 0.1) is 41.7 Å². The van der Waals surface area contributed by atoms with Crippen molar-refractivity contribution in [1.29, 1.82) is 0 Å². The maximum atomic E-state index is 12.6. The molecule has 150 valence electrons. The van der Waals surface area contributed by atoms with Gasteiger partial charge in [0.2, 0.25) is 22.1 Å². The van der Waals surface area contributed by atoms with E-state index in [4.69, 9.17) is 0 Å². The molecular formula is C19H23N3O4S2. The van der Waals surface area contributed by atoms with Crippen LogP contribution < -0.4 is 9.67 Å². The zero-order valence-corrected chi connectivity index (χ0v) is 18.1. The van der Waals surface area contributed by atoms with E-state index in [0.29, 0.717) is 5.57 Å². The normalized spacial score (nSPS) is 24.6. The molecule has 4 rings (SSSR count). The number of hydrogen-bond donors (Lipinski definition) is 1. The third-order valence-electron chi connectivity index (χ3n) is 5.74. The number of hydrogen-bond acceptors (Lipinski definition) is 6. The van der Waals surface area contributed by atoms with Crippen molar-refractivity contribution >= 4 is 45.4 Å². The number of aliphatic hydroxyl groups is 1. The molecule has 0 radical (unpaired) electrons. The molecule has 1 N–H and O–H groups in total. The standard InChI is InChI=1S/C19H23N3O4S2/c1-6-27-16-17-21(8-20(16)5)7-10(28-17)12-13(18(25)26)22-14(19(12,3)4)11(9(2)23)15(22)24/h7-9,11,14,23H,6H2,1-5H3/t9-,11-,14-/m1/s1. The van der Waals surface area contributed by atoms with Crippen LogP contribution in [0.3, 0.4) is 0 Å². The second-order valence-corrected chi connectivity index (χ2v) is 10.2. The van der Waals surface area contributed by atoms with E-state index < -0.39 is 23.4 Å². The number of aryl methyl sites for hydroxylation is 1. The molecule has 3 atom stereocenters. The Bertz CT molecular complexity index is 1030. The summed E-state index contributed by atoms with van der Waals surface area (Å²) in [7, 11) is 1.99. The number of aliphatic carboxylic acids is 1. The van der Waals surface area contributed by atoms with Crippen molar-refractivity contribution in [2.75, 3.05) is 5.75 Å². The van der Waals surface area contributed by atoms with Gasteiger partial charge in [-0.3, -0.25) is 4.79 Å². The molecule has 2 aliphatic heterocycles. The summed E-state index contributed by atoms with van der Waals surface area (Å²) < 4.78 is 4.05. The molecule has 9 heteroatoms. The van der Waals surface area contributed by atoms with Gasteiger partial charge < -0.3 is 19.9 Å². The van der Waals surface area contributed by atoms with Crippen molar-refractivity contribution in [2.24, 2.45) is 18.4 Å². The number of nitrogens with zero attached hydrogens (tertiary/aromatic N) is 3. The molecular weight excluding hydrogens is 398 g/mol. The third-order valence-corrected chi connectivity index (χ3v) is 8.04. The largest absolute Gasteiger partial charge is 0.543 e. The summed E-state index contributed by atoms with van der Waals surface area (Å²) in [4.78, 5) is 27.8. The van der Waals surface area contributed by atoms with Gasteiger partial charge in [-0.2, -0.15) is 4.40 Å². The molecule has 1 amide bonds. The van der Waals surface area contributed by atoms with E-state index in [1.165, 1.54) is 16.2 Å². The molecule has 0 unspecified atom stereocenters. The van der Waals surface area contributed by atoms with Crippen molar-refractivity contribution < 1.29 is 24.4 Å². The number of aliphatic hydroxyl groups excluding tert-OH is 1. The molecule has 0 aliphatic carbocycles. The molecule has 0 spiro atoms.